The van der Waals surface area contributed by atoms with Gasteiger partial charge < -0.3 is 10.4 Å². The first-order chi connectivity index (χ1) is 9.40. The van der Waals surface area contributed by atoms with Crippen molar-refractivity contribution in [3.05, 3.63) is 49.6 Å². The van der Waals surface area contributed by atoms with Crippen LogP contribution < -0.4 is 5.32 Å². The molecule has 2 rings (SSSR count). The van der Waals surface area contributed by atoms with E-state index in [1.807, 2.05) is 13.0 Å². The summed E-state index contributed by atoms with van der Waals surface area (Å²) in [6.07, 6.45) is 0. The molecule has 0 unspecified atom stereocenters. The maximum absolute atomic E-state index is 12.2. The molecule has 0 spiro atoms. The second-order valence-electron chi connectivity index (χ2n) is 4.36. The third-order valence-corrected chi connectivity index (χ3v) is 4.61. The average Bonchev–Trinajstić information content (AvgIpc) is 2.78. The van der Waals surface area contributed by atoms with Gasteiger partial charge in [-0.05, 0) is 58.4 Å². The molecular formula is C14H12BrNO3S. The fraction of sp³-hybridized carbons (Fsp3) is 0.143. The molecule has 0 saturated carbocycles. The molecule has 0 radical (unpaired) electrons. The van der Waals surface area contributed by atoms with Gasteiger partial charge in [-0.1, -0.05) is 6.07 Å². The standard InChI is InChI=1S/C14H12BrNO3S/c1-7-5-8(2)11(9(6-7)14(18)19)16-13(17)12-10(15)3-4-20-12/h3-6H,1-2H3,(H,16,17)(H,18,19). The third-order valence-electron chi connectivity index (χ3n) is 2.77. The van der Waals surface area contributed by atoms with Gasteiger partial charge >= 0.3 is 5.97 Å². The molecule has 0 bridgehead atoms. The van der Waals surface area contributed by atoms with Gasteiger partial charge in [0.15, 0.2) is 0 Å². The predicted molar refractivity (Wildman–Crippen MR) is 82.8 cm³/mol. The van der Waals surface area contributed by atoms with Crippen molar-refractivity contribution < 1.29 is 14.7 Å². The van der Waals surface area contributed by atoms with Crippen molar-refractivity contribution in [2.75, 3.05) is 5.32 Å². The molecule has 0 aliphatic heterocycles. The first kappa shape index (κ1) is 14.7. The quantitative estimate of drug-likeness (QED) is 0.873. The Morgan fingerprint density at radius 1 is 1.30 bits per heavy atom. The number of carbonyl (C=O) groups excluding carboxylic acids is 1. The molecule has 2 N–H and O–H groups in total. The predicted octanol–water partition coefficient (Wildman–Crippen LogP) is 4.08. The molecule has 1 amide bonds. The van der Waals surface area contributed by atoms with Gasteiger partial charge in [0.2, 0.25) is 0 Å². The highest BCUT2D eigenvalue weighted by Gasteiger charge is 2.18. The lowest BCUT2D eigenvalue weighted by Crippen LogP contribution is -2.15. The van der Waals surface area contributed by atoms with Crippen LogP contribution in [-0.2, 0) is 0 Å². The SMILES string of the molecule is Cc1cc(C)c(NC(=O)c2sccc2Br)c(C(=O)O)c1. The largest absolute Gasteiger partial charge is 0.478 e. The van der Waals surface area contributed by atoms with E-state index >= 15 is 0 Å². The molecule has 1 heterocycles. The van der Waals surface area contributed by atoms with E-state index in [4.69, 9.17) is 0 Å². The van der Waals surface area contributed by atoms with Gasteiger partial charge in [-0.25, -0.2) is 4.79 Å². The van der Waals surface area contributed by atoms with Gasteiger partial charge in [0.05, 0.1) is 11.3 Å². The Hall–Kier alpha value is -1.66. The van der Waals surface area contributed by atoms with Crippen molar-refractivity contribution >= 4 is 44.8 Å². The molecule has 0 aliphatic carbocycles. The first-order valence-electron chi connectivity index (χ1n) is 5.79. The summed E-state index contributed by atoms with van der Waals surface area (Å²) >= 11 is 4.58. The van der Waals surface area contributed by atoms with Crippen LogP contribution in [-0.4, -0.2) is 17.0 Å². The lowest BCUT2D eigenvalue weighted by Gasteiger charge is -2.12. The molecule has 4 nitrogen and oxygen atoms in total. The van der Waals surface area contributed by atoms with Crippen molar-refractivity contribution in [2.24, 2.45) is 0 Å². The fourth-order valence-corrected chi connectivity index (χ4v) is 3.37. The highest BCUT2D eigenvalue weighted by molar-refractivity contribution is 9.10. The third kappa shape index (κ3) is 2.91. The number of carboxylic acids is 1. The summed E-state index contributed by atoms with van der Waals surface area (Å²) in [5, 5.41) is 13.7. The normalized spacial score (nSPS) is 10.3. The molecular weight excluding hydrogens is 342 g/mol. The van der Waals surface area contributed by atoms with Crippen LogP contribution in [0.1, 0.15) is 31.2 Å². The van der Waals surface area contributed by atoms with Crippen LogP contribution in [0.2, 0.25) is 0 Å². The van der Waals surface area contributed by atoms with Crippen LogP contribution in [0, 0.1) is 13.8 Å². The summed E-state index contributed by atoms with van der Waals surface area (Å²) in [5.41, 5.74) is 2.01. The number of hydrogen-bond acceptors (Lipinski definition) is 3. The highest BCUT2D eigenvalue weighted by atomic mass is 79.9. The Balaban J connectivity index is 2.41. The fourth-order valence-electron chi connectivity index (χ4n) is 1.93. The van der Waals surface area contributed by atoms with E-state index < -0.39 is 5.97 Å². The maximum Gasteiger partial charge on any atom is 0.337 e. The van der Waals surface area contributed by atoms with Crippen LogP contribution in [0.5, 0.6) is 0 Å². The number of aromatic carboxylic acids is 1. The number of thiophene rings is 1. The molecule has 1 aromatic carbocycles. The maximum atomic E-state index is 12.2. The number of anilines is 1. The van der Waals surface area contributed by atoms with Gasteiger partial charge in [-0.15, -0.1) is 11.3 Å². The van der Waals surface area contributed by atoms with Crippen molar-refractivity contribution in [3.63, 3.8) is 0 Å². The lowest BCUT2D eigenvalue weighted by molar-refractivity contribution is 0.0698. The van der Waals surface area contributed by atoms with Crippen molar-refractivity contribution in [3.8, 4) is 0 Å². The van der Waals surface area contributed by atoms with Crippen molar-refractivity contribution in [1.29, 1.82) is 0 Å². The van der Waals surface area contributed by atoms with Gasteiger partial charge in [0.25, 0.3) is 5.91 Å². The van der Waals surface area contributed by atoms with E-state index in [2.05, 4.69) is 21.2 Å². The lowest BCUT2D eigenvalue weighted by atomic mass is 10.0. The van der Waals surface area contributed by atoms with Gasteiger partial charge in [-0.2, -0.15) is 0 Å². The minimum atomic E-state index is -1.06. The number of carbonyl (C=O) groups is 2. The summed E-state index contributed by atoms with van der Waals surface area (Å²) in [4.78, 5) is 24.0. The minimum Gasteiger partial charge on any atom is -0.478 e. The van der Waals surface area contributed by atoms with Crippen molar-refractivity contribution in [2.45, 2.75) is 13.8 Å². The van der Waals surface area contributed by atoms with Crippen LogP contribution in [0.25, 0.3) is 0 Å². The Bertz CT molecular complexity index is 694. The number of carboxylic acid groups (broad SMARTS) is 1. The molecule has 0 fully saturated rings. The molecule has 20 heavy (non-hydrogen) atoms. The van der Waals surface area contributed by atoms with Crippen LogP contribution >= 0.6 is 27.3 Å². The van der Waals surface area contributed by atoms with E-state index in [1.54, 1.807) is 24.4 Å². The number of benzene rings is 1. The molecule has 104 valence electrons. The second kappa shape index (κ2) is 5.76. The summed E-state index contributed by atoms with van der Waals surface area (Å²) in [5.74, 6) is -1.38. The number of amides is 1. The summed E-state index contributed by atoms with van der Waals surface area (Å²) in [6.45, 7) is 3.60. The van der Waals surface area contributed by atoms with E-state index in [1.165, 1.54) is 11.3 Å². The van der Waals surface area contributed by atoms with Gasteiger partial charge in [0, 0.05) is 4.47 Å². The summed E-state index contributed by atoms with van der Waals surface area (Å²) in [7, 11) is 0. The van der Waals surface area contributed by atoms with E-state index in [0.717, 1.165) is 11.1 Å². The topological polar surface area (TPSA) is 66.4 Å². The number of rotatable bonds is 3. The summed E-state index contributed by atoms with van der Waals surface area (Å²) in [6, 6.07) is 5.17. The molecule has 1 aromatic heterocycles. The molecule has 2 aromatic rings. The number of halogens is 1. The van der Waals surface area contributed by atoms with E-state index in [-0.39, 0.29) is 11.5 Å². The molecule has 6 heteroatoms. The van der Waals surface area contributed by atoms with Crippen LogP contribution in [0.15, 0.2) is 28.1 Å². The zero-order valence-electron chi connectivity index (χ0n) is 10.9. The zero-order chi connectivity index (χ0) is 14.9. The minimum absolute atomic E-state index is 0.100. The Labute approximate surface area is 128 Å². The Morgan fingerprint density at radius 2 is 2.00 bits per heavy atom. The van der Waals surface area contributed by atoms with Crippen molar-refractivity contribution in [1.82, 2.24) is 0 Å². The monoisotopic (exact) mass is 353 g/mol. The molecule has 0 saturated heterocycles. The number of aryl methyl sites for hydroxylation is 2. The highest BCUT2D eigenvalue weighted by Crippen LogP contribution is 2.27. The molecule has 0 atom stereocenters. The summed E-state index contributed by atoms with van der Waals surface area (Å²) < 4.78 is 0.696. The van der Waals surface area contributed by atoms with Crippen LogP contribution in [0.4, 0.5) is 5.69 Å². The smallest absolute Gasteiger partial charge is 0.337 e. The van der Waals surface area contributed by atoms with E-state index in [9.17, 15) is 14.7 Å². The van der Waals surface area contributed by atoms with E-state index in [0.29, 0.717) is 15.0 Å². The second-order valence-corrected chi connectivity index (χ2v) is 6.13. The number of hydrogen-bond donors (Lipinski definition) is 2. The first-order valence-corrected chi connectivity index (χ1v) is 7.46. The van der Waals surface area contributed by atoms with Gasteiger partial charge in [-0.3, -0.25) is 4.79 Å². The zero-order valence-corrected chi connectivity index (χ0v) is 13.3. The van der Waals surface area contributed by atoms with Gasteiger partial charge in [0.1, 0.15) is 4.88 Å². The number of nitrogens with one attached hydrogen (secondary N) is 1. The molecule has 0 aliphatic rings. The Kier molecular flexibility index (Phi) is 4.25. The Morgan fingerprint density at radius 3 is 2.55 bits per heavy atom. The average molecular weight is 354 g/mol. The van der Waals surface area contributed by atoms with Crippen LogP contribution in [0.3, 0.4) is 0 Å².